The Morgan fingerprint density at radius 3 is 2.75 bits per heavy atom. The van der Waals surface area contributed by atoms with Crippen LogP contribution in [0.5, 0.6) is 5.75 Å². The lowest BCUT2D eigenvalue weighted by Crippen LogP contribution is -2.48. The molecule has 2 aromatic rings. The van der Waals surface area contributed by atoms with E-state index in [1.807, 2.05) is 25.1 Å². The fourth-order valence-electron chi connectivity index (χ4n) is 4.65. The molecule has 0 bridgehead atoms. The number of hydrogen-bond acceptors (Lipinski definition) is 4. The molecule has 6 heteroatoms. The van der Waals surface area contributed by atoms with Crippen molar-refractivity contribution in [3.63, 3.8) is 0 Å². The van der Waals surface area contributed by atoms with Gasteiger partial charge in [0.15, 0.2) is 0 Å². The summed E-state index contributed by atoms with van der Waals surface area (Å²) in [7, 11) is 1.61. The minimum atomic E-state index is -0.484. The Balaban J connectivity index is 2.03. The molecular formula is C26H30ClN3O2. The standard InChI is InChI=1S/C26H30ClN3O2/c1-7-30-23-13-24(32-6)18(12-20(23)16(2)14-26(30,4)5)11-19(15-28)25(31)29-22-10-8-9-21(27)17(22)3/h8-13,16H,7,14H2,1-6H3,(H,29,31)/b19-11+. The van der Waals surface area contributed by atoms with Crippen molar-refractivity contribution in [1.29, 1.82) is 5.26 Å². The van der Waals surface area contributed by atoms with E-state index in [4.69, 9.17) is 16.3 Å². The molecule has 0 aliphatic carbocycles. The number of ether oxygens (including phenoxy) is 1. The summed E-state index contributed by atoms with van der Waals surface area (Å²) in [5, 5.41) is 13.1. The largest absolute Gasteiger partial charge is 0.496 e. The summed E-state index contributed by atoms with van der Waals surface area (Å²) < 4.78 is 5.66. The Hall–Kier alpha value is -2.97. The van der Waals surface area contributed by atoms with E-state index in [1.165, 1.54) is 5.56 Å². The number of amides is 1. The first-order chi connectivity index (χ1) is 15.1. The van der Waals surface area contributed by atoms with Gasteiger partial charge in [-0.15, -0.1) is 0 Å². The first kappa shape index (κ1) is 23.7. The van der Waals surface area contributed by atoms with Gasteiger partial charge < -0.3 is 15.0 Å². The zero-order chi connectivity index (χ0) is 23.6. The number of methoxy groups -OCH3 is 1. The van der Waals surface area contributed by atoms with Crippen LogP contribution in [0.25, 0.3) is 6.08 Å². The van der Waals surface area contributed by atoms with E-state index in [2.05, 4.69) is 37.9 Å². The Labute approximate surface area is 195 Å². The number of anilines is 2. The molecule has 1 N–H and O–H groups in total. The number of halogens is 1. The van der Waals surface area contributed by atoms with Gasteiger partial charge in [-0.25, -0.2) is 0 Å². The first-order valence-electron chi connectivity index (χ1n) is 10.8. The molecule has 0 radical (unpaired) electrons. The average Bonchev–Trinajstić information content (AvgIpc) is 2.74. The number of rotatable bonds is 5. The molecule has 168 valence electrons. The quantitative estimate of drug-likeness (QED) is 0.427. The highest BCUT2D eigenvalue weighted by Crippen LogP contribution is 2.46. The lowest BCUT2D eigenvalue weighted by atomic mass is 9.79. The van der Waals surface area contributed by atoms with Crippen molar-refractivity contribution in [1.82, 2.24) is 0 Å². The van der Waals surface area contributed by atoms with Crippen molar-refractivity contribution >= 4 is 35.0 Å². The molecule has 1 aliphatic heterocycles. The molecule has 0 saturated heterocycles. The molecule has 1 heterocycles. The summed E-state index contributed by atoms with van der Waals surface area (Å²) in [5.41, 5.74) is 4.42. The molecule has 1 atom stereocenters. The van der Waals surface area contributed by atoms with Crippen molar-refractivity contribution in [3.8, 4) is 11.8 Å². The van der Waals surface area contributed by atoms with E-state index in [9.17, 15) is 10.1 Å². The van der Waals surface area contributed by atoms with Crippen LogP contribution in [0.1, 0.15) is 56.7 Å². The Kier molecular flexibility index (Phi) is 6.85. The number of carbonyl (C=O) groups excluding carboxylic acids is 1. The van der Waals surface area contributed by atoms with Crippen LogP contribution in [-0.4, -0.2) is 25.1 Å². The highest BCUT2D eigenvalue weighted by molar-refractivity contribution is 6.31. The summed E-state index contributed by atoms with van der Waals surface area (Å²) in [6.07, 6.45) is 2.61. The Morgan fingerprint density at radius 2 is 2.12 bits per heavy atom. The van der Waals surface area contributed by atoms with Crippen LogP contribution in [0, 0.1) is 18.3 Å². The van der Waals surface area contributed by atoms with Crippen molar-refractivity contribution in [3.05, 3.63) is 57.6 Å². The van der Waals surface area contributed by atoms with Crippen LogP contribution in [0.15, 0.2) is 35.9 Å². The van der Waals surface area contributed by atoms with E-state index in [0.29, 0.717) is 27.9 Å². The lowest BCUT2D eigenvalue weighted by Gasteiger charge is -2.47. The van der Waals surface area contributed by atoms with Gasteiger partial charge in [-0.05, 0) is 75.4 Å². The van der Waals surface area contributed by atoms with Crippen molar-refractivity contribution in [2.75, 3.05) is 23.9 Å². The molecule has 0 saturated carbocycles. The van der Waals surface area contributed by atoms with Gasteiger partial charge in [-0.1, -0.05) is 24.6 Å². The minimum absolute atomic E-state index is 0.00114. The van der Waals surface area contributed by atoms with Gasteiger partial charge in [-0.3, -0.25) is 4.79 Å². The molecule has 0 spiro atoms. The van der Waals surface area contributed by atoms with Crippen molar-refractivity contribution in [2.45, 2.75) is 52.5 Å². The summed E-state index contributed by atoms with van der Waals surface area (Å²) in [6.45, 7) is 11.6. The van der Waals surface area contributed by atoms with E-state index in [-0.39, 0.29) is 11.1 Å². The second-order valence-electron chi connectivity index (χ2n) is 8.85. The van der Waals surface area contributed by atoms with Gasteiger partial charge >= 0.3 is 0 Å². The second kappa shape index (κ2) is 9.26. The molecule has 0 aromatic heterocycles. The molecule has 1 amide bonds. The van der Waals surface area contributed by atoms with Crippen molar-refractivity contribution < 1.29 is 9.53 Å². The number of benzene rings is 2. The van der Waals surface area contributed by atoms with Crippen LogP contribution < -0.4 is 15.0 Å². The SMILES string of the molecule is CCN1c2cc(OC)c(/C=C(\C#N)C(=O)Nc3cccc(Cl)c3C)cc2C(C)CC1(C)C. The molecule has 1 unspecified atom stereocenters. The van der Waals surface area contributed by atoms with Gasteiger partial charge in [0, 0.05) is 40.1 Å². The predicted molar refractivity (Wildman–Crippen MR) is 132 cm³/mol. The van der Waals surface area contributed by atoms with Gasteiger partial charge in [-0.2, -0.15) is 5.26 Å². The van der Waals surface area contributed by atoms with Crippen LogP contribution in [0.4, 0.5) is 11.4 Å². The lowest BCUT2D eigenvalue weighted by molar-refractivity contribution is -0.112. The molecule has 1 aliphatic rings. The fourth-order valence-corrected chi connectivity index (χ4v) is 4.83. The number of nitrogens with zero attached hydrogens (tertiary/aromatic N) is 2. The zero-order valence-electron chi connectivity index (χ0n) is 19.5. The second-order valence-corrected chi connectivity index (χ2v) is 9.26. The van der Waals surface area contributed by atoms with Crippen LogP contribution in [-0.2, 0) is 4.79 Å². The predicted octanol–water partition coefficient (Wildman–Crippen LogP) is 6.31. The molecule has 32 heavy (non-hydrogen) atoms. The van der Waals surface area contributed by atoms with Crippen molar-refractivity contribution in [2.24, 2.45) is 0 Å². The maximum absolute atomic E-state index is 12.9. The summed E-state index contributed by atoms with van der Waals surface area (Å²) in [6, 6.07) is 11.4. The molecule has 2 aromatic carbocycles. The highest BCUT2D eigenvalue weighted by atomic mass is 35.5. The normalized spacial score (nSPS) is 17.4. The Morgan fingerprint density at radius 1 is 1.41 bits per heavy atom. The third-order valence-corrected chi connectivity index (χ3v) is 6.64. The zero-order valence-corrected chi connectivity index (χ0v) is 20.3. The highest BCUT2D eigenvalue weighted by Gasteiger charge is 2.36. The molecule has 5 nitrogen and oxygen atoms in total. The van der Waals surface area contributed by atoms with Gasteiger partial charge in [0.1, 0.15) is 17.4 Å². The van der Waals surface area contributed by atoms with E-state index >= 15 is 0 Å². The van der Waals surface area contributed by atoms with E-state index < -0.39 is 5.91 Å². The monoisotopic (exact) mass is 451 g/mol. The molecular weight excluding hydrogens is 422 g/mol. The maximum atomic E-state index is 12.9. The third kappa shape index (κ3) is 4.47. The van der Waals surface area contributed by atoms with E-state index in [0.717, 1.165) is 24.2 Å². The van der Waals surface area contributed by atoms with Crippen LogP contribution >= 0.6 is 11.6 Å². The maximum Gasteiger partial charge on any atom is 0.266 e. The average molecular weight is 452 g/mol. The summed E-state index contributed by atoms with van der Waals surface area (Å²) in [4.78, 5) is 15.2. The smallest absolute Gasteiger partial charge is 0.266 e. The molecule has 3 rings (SSSR count). The van der Waals surface area contributed by atoms with E-state index in [1.54, 1.807) is 31.4 Å². The van der Waals surface area contributed by atoms with Crippen LogP contribution in [0.3, 0.4) is 0 Å². The number of nitrogens with one attached hydrogen (secondary N) is 1. The summed E-state index contributed by atoms with van der Waals surface area (Å²) in [5.74, 6) is 0.489. The number of fused-ring (bicyclic) bond motifs is 1. The van der Waals surface area contributed by atoms with Crippen LogP contribution in [0.2, 0.25) is 5.02 Å². The topological polar surface area (TPSA) is 65.4 Å². The first-order valence-corrected chi connectivity index (χ1v) is 11.2. The fraction of sp³-hybridized carbons (Fsp3) is 0.385. The number of carbonyl (C=O) groups is 1. The summed E-state index contributed by atoms with van der Waals surface area (Å²) >= 11 is 6.15. The van der Waals surface area contributed by atoms with Gasteiger partial charge in [0.05, 0.1) is 7.11 Å². The Bertz CT molecular complexity index is 1110. The molecule has 0 fully saturated rings. The number of hydrogen-bond donors (Lipinski definition) is 1. The van der Waals surface area contributed by atoms with Gasteiger partial charge in [0.2, 0.25) is 0 Å². The third-order valence-electron chi connectivity index (χ3n) is 6.23. The van der Waals surface area contributed by atoms with Gasteiger partial charge in [0.25, 0.3) is 5.91 Å². The number of nitriles is 1. The minimum Gasteiger partial charge on any atom is -0.496 e.